The molecule has 0 rings (SSSR count). The van der Waals surface area contributed by atoms with Crippen LogP contribution in [-0.2, 0) is 4.74 Å². The van der Waals surface area contributed by atoms with Crippen LogP contribution in [0.3, 0.4) is 0 Å². The van der Waals surface area contributed by atoms with Crippen LogP contribution in [0.1, 0.15) is 39.5 Å². The van der Waals surface area contributed by atoms with Crippen molar-refractivity contribution in [1.82, 2.24) is 0 Å². The van der Waals surface area contributed by atoms with Gasteiger partial charge in [-0.15, -0.1) is 0 Å². The third kappa shape index (κ3) is 9.28. The van der Waals surface area contributed by atoms with Gasteiger partial charge in [0.2, 0.25) is 0 Å². The summed E-state index contributed by atoms with van der Waals surface area (Å²) in [7, 11) is 0. The van der Waals surface area contributed by atoms with Crippen LogP contribution in [0.15, 0.2) is 24.7 Å². The summed E-state index contributed by atoms with van der Waals surface area (Å²) in [6.45, 7) is 4.30. The van der Waals surface area contributed by atoms with Crippen LogP contribution >= 0.6 is 0 Å². The summed E-state index contributed by atoms with van der Waals surface area (Å²) in [5.74, 6) is 0. The summed E-state index contributed by atoms with van der Waals surface area (Å²) in [5, 5.41) is 0. The number of ether oxygens (including phenoxy) is 1. The van der Waals surface area contributed by atoms with Crippen molar-refractivity contribution in [3.05, 3.63) is 24.7 Å². The van der Waals surface area contributed by atoms with Gasteiger partial charge in [-0.05, 0) is 25.0 Å². The molecule has 0 heterocycles. The topological polar surface area (TPSA) is 9.23 Å². The van der Waals surface area contributed by atoms with Gasteiger partial charge in [0.1, 0.15) is 0 Å². The first-order valence-electron chi connectivity index (χ1n) is 4.37. The molecule has 0 fully saturated rings. The van der Waals surface area contributed by atoms with Gasteiger partial charge in [-0.2, -0.15) is 0 Å². The van der Waals surface area contributed by atoms with Crippen LogP contribution in [0.5, 0.6) is 0 Å². The number of hydrogen-bond donors (Lipinski definition) is 0. The van der Waals surface area contributed by atoms with Crippen molar-refractivity contribution in [1.29, 1.82) is 0 Å². The fraction of sp³-hybridized carbons (Fsp3) is 0.600. The Kier molecular flexibility index (Phi) is 8.67. The first-order chi connectivity index (χ1) is 5.41. The zero-order chi connectivity index (χ0) is 8.36. The second-order valence-corrected chi connectivity index (χ2v) is 2.46. The van der Waals surface area contributed by atoms with Crippen molar-refractivity contribution >= 4 is 0 Å². The van der Waals surface area contributed by atoms with E-state index in [9.17, 15) is 0 Å². The maximum atomic E-state index is 5.08. The third-order valence-corrected chi connectivity index (χ3v) is 1.26. The SMILES string of the molecule is CCC/C=C/O/C=C/CCC. The Labute approximate surface area is 69.8 Å². The fourth-order valence-corrected chi connectivity index (χ4v) is 0.626. The molecule has 0 N–H and O–H groups in total. The molecule has 0 saturated heterocycles. The summed E-state index contributed by atoms with van der Waals surface area (Å²) in [6, 6.07) is 0. The van der Waals surface area contributed by atoms with Crippen molar-refractivity contribution < 1.29 is 4.74 Å². The normalized spacial score (nSPS) is 11.5. The van der Waals surface area contributed by atoms with Crippen LogP contribution in [0.4, 0.5) is 0 Å². The smallest absolute Gasteiger partial charge is 0.0861 e. The lowest BCUT2D eigenvalue weighted by molar-refractivity contribution is 0.398. The van der Waals surface area contributed by atoms with E-state index in [0.29, 0.717) is 0 Å². The van der Waals surface area contributed by atoms with Gasteiger partial charge in [0, 0.05) is 0 Å². The average molecular weight is 154 g/mol. The maximum absolute atomic E-state index is 5.08. The minimum Gasteiger partial charge on any atom is -0.473 e. The molecule has 0 unspecified atom stereocenters. The molecule has 0 aliphatic heterocycles. The average Bonchev–Trinajstić information content (AvgIpc) is 2.03. The van der Waals surface area contributed by atoms with Crippen LogP contribution < -0.4 is 0 Å². The van der Waals surface area contributed by atoms with E-state index in [1.807, 2.05) is 12.2 Å². The molecular formula is C10H18O. The van der Waals surface area contributed by atoms with E-state index in [-0.39, 0.29) is 0 Å². The second kappa shape index (κ2) is 9.28. The molecule has 0 atom stereocenters. The Balaban J connectivity index is 3.11. The highest BCUT2D eigenvalue weighted by Gasteiger charge is 1.73. The van der Waals surface area contributed by atoms with E-state index in [4.69, 9.17) is 4.74 Å². The zero-order valence-corrected chi connectivity index (χ0v) is 7.55. The maximum Gasteiger partial charge on any atom is 0.0861 e. The molecule has 0 aliphatic carbocycles. The highest BCUT2D eigenvalue weighted by molar-refractivity contribution is 4.79. The first kappa shape index (κ1) is 10.3. The van der Waals surface area contributed by atoms with E-state index in [1.165, 1.54) is 12.8 Å². The third-order valence-electron chi connectivity index (χ3n) is 1.26. The van der Waals surface area contributed by atoms with Crippen LogP contribution in [0.25, 0.3) is 0 Å². The monoisotopic (exact) mass is 154 g/mol. The zero-order valence-electron chi connectivity index (χ0n) is 7.55. The lowest BCUT2D eigenvalue weighted by Gasteiger charge is -1.88. The summed E-state index contributed by atoms with van der Waals surface area (Å²) < 4.78 is 5.08. The van der Waals surface area contributed by atoms with Gasteiger partial charge >= 0.3 is 0 Å². The molecule has 0 aromatic rings. The van der Waals surface area contributed by atoms with E-state index < -0.39 is 0 Å². The molecule has 1 heteroatoms. The van der Waals surface area contributed by atoms with Crippen molar-refractivity contribution in [2.24, 2.45) is 0 Å². The lowest BCUT2D eigenvalue weighted by Crippen LogP contribution is -1.67. The number of hydrogen-bond acceptors (Lipinski definition) is 1. The van der Waals surface area contributed by atoms with Gasteiger partial charge in [0.25, 0.3) is 0 Å². The van der Waals surface area contributed by atoms with Gasteiger partial charge in [0.05, 0.1) is 12.5 Å². The molecule has 11 heavy (non-hydrogen) atoms. The summed E-state index contributed by atoms with van der Waals surface area (Å²) in [6.07, 6.45) is 12.1. The van der Waals surface area contributed by atoms with Crippen LogP contribution in [0, 0.1) is 0 Å². The fourth-order valence-electron chi connectivity index (χ4n) is 0.626. The molecule has 0 aliphatic rings. The molecule has 0 amide bonds. The van der Waals surface area contributed by atoms with Crippen LogP contribution in [-0.4, -0.2) is 0 Å². The van der Waals surface area contributed by atoms with Gasteiger partial charge in [-0.3, -0.25) is 0 Å². The van der Waals surface area contributed by atoms with Crippen molar-refractivity contribution in [3.63, 3.8) is 0 Å². The van der Waals surface area contributed by atoms with Gasteiger partial charge in [-0.25, -0.2) is 0 Å². The number of allylic oxidation sites excluding steroid dienone is 2. The van der Waals surface area contributed by atoms with Gasteiger partial charge in [0.15, 0.2) is 0 Å². The minimum atomic E-state index is 1.10. The molecule has 0 bridgehead atoms. The molecule has 0 radical (unpaired) electrons. The Morgan fingerprint density at radius 1 is 0.909 bits per heavy atom. The molecule has 64 valence electrons. The Morgan fingerprint density at radius 2 is 1.36 bits per heavy atom. The van der Waals surface area contributed by atoms with E-state index >= 15 is 0 Å². The molecule has 0 aromatic heterocycles. The molecule has 0 spiro atoms. The summed E-state index contributed by atoms with van der Waals surface area (Å²) in [4.78, 5) is 0. The van der Waals surface area contributed by atoms with Crippen molar-refractivity contribution in [2.45, 2.75) is 39.5 Å². The predicted molar refractivity (Wildman–Crippen MR) is 49.2 cm³/mol. The number of unbranched alkanes of at least 4 members (excludes halogenated alkanes) is 2. The molecule has 0 aromatic carbocycles. The standard InChI is InChI=1S/C10H18O/c1-3-5-7-9-11-10-8-6-4-2/h7-10H,3-6H2,1-2H3/b9-7+,10-8+. The van der Waals surface area contributed by atoms with Crippen LogP contribution in [0.2, 0.25) is 0 Å². The highest BCUT2D eigenvalue weighted by atomic mass is 16.5. The van der Waals surface area contributed by atoms with E-state index in [1.54, 1.807) is 12.5 Å². The first-order valence-corrected chi connectivity index (χ1v) is 4.37. The highest BCUT2D eigenvalue weighted by Crippen LogP contribution is 1.92. The summed E-state index contributed by atoms with van der Waals surface area (Å²) >= 11 is 0. The van der Waals surface area contributed by atoms with Crippen molar-refractivity contribution in [3.8, 4) is 0 Å². The largest absolute Gasteiger partial charge is 0.473 e. The van der Waals surface area contributed by atoms with Crippen molar-refractivity contribution in [2.75, 3.05) is 0 Å². The Bertz CT molecular complexity index is 100. The van der Waals surface area contributed by atoms with E-state index in [0.717, 1.165) is 12.8 Å². The Morgan fingerprint density at radius 3 is 1.73 bits per heavy atom. The number of rotatable bonds is 6. The van der Waals surface area contributed by atoms with Gasteiger partial charge < -0.3 is 4.74 Å². The molecule has 1 nitrogen and oxygen atoms in total. The lowest BCUT2D eigenvalue weighted by atomic mass is 10.3. The van der Waals surface area contributed by atoms with Gasteiger partial charge in [-0.1, -0.05) is 26.7 Å². The second-order valence-electron chi connectivity index (χ2n) is 2.46. The summed E-state index contributed by atoms with van der Waals surface area (Å²) in [5.41, 5.74) is 0. The predicted octanol–water partition coefficient (Wildman–Crippen LogP) is 3.63. The minimum absolute atomic E-state index is 1.10. The quantitative estimate of drug-likeness (QED) is 0.531. The molecule has 0 saturated carbocycles. The van der Waals surface area contributed by atoms with E-state index in [2.05, 4.69) is 13.8 Å². The molecular weight excluding hydrogens is 136 g/mol. The Hall–Kier alpha value is -0.720.